The molecule has 0 bridgehead atoms. The van der Waals surface area contributed by atoms with Crippen molar-refractivity contribution in [3.8, 4) is 0 Å². The third-order valence-corrected chi connectivity index (χ3v) is 14.0. The van der Waals surface area contributed by atoms with Crippen LogP contribution in [-0.2, 0) is 0 Å². The molecule has 2 atom stereocenters. The van der Waals surface area contributed by atoms with Crippen molar-refractivity contribution in [2.75, 3.05) is 6.66 Å². The van der Waals surface area contributed by atoms with Crippen molar-refractivity contribution in [2.45, 2.75) is 38.2 Å². The Morgan fingerprint density at radius 1 is 0.682 bits per heavy atom. The Kier molecular flexibility index (Phi) is 7.81. The second-order valence-corrected chi connectivity index (χ2v) is 16.4. The van der Waals surface area contributed by atoms with Gasteiger partial charge in [0.25, 0.3) is 0 Å². The Morgan fingerprint density at radius 2 is 1.36 bits per heavy atom. The number of H-pyrrole nitrogens is 1. The quantitative estimate of drug-likeness (QED) is 0.171. The molecule has 6 aromatic rings. The molecule has 7 rings (SSSR count). The molecule has 0 radical (unpaired) electrons. The fraction of sp³-hybridized carbons (Fsp3) is 0.171. The Labute approximate surface area is 261 Å². The molecule has 2 unspecified atom stereocenters. The zero-order chi connectivity index (χ0) is 30.1. The van der Waals surface area contributed by atoms with Crippen molar-refractivity contribution in [3.63, 3.8) is 0 Å². The summed E-state index contributed by atoms with van der Waals surface area (Å²) in [6, 6.07) is 44.7. The number of nitrogens with one attached hydrogen (secondary N) is 1. The van der Waals surface area contributed by atoms with Gasteiger partial charge in [-0.1, -0.05) is 0 Å². The Bertz CT molecular complexity index is 1990. The third kappa shape index (κ3) is 5.34. The molecule has 220 valence electrons. The molecular formula is C41H40NOP. The molecule has 1 aromatic heterocycles. The number of aliphatic hydroxyl groups excluding tert-OH is 1. The van der Waals surface area contributed by atoms with Crippen molar-refractivity contribution in [3.05, 3.63) is 162 Å². The number of aryl methyl sites for hydroxylation is 1. The molecule has 1 aliphatic carbocycles. The molecule has 0 saturated heterocycles. The minimum atomic E-state index is -2.28. The summed E-state index contributed by atoms with van der Waals surface area (Å²) >= 11 is 0. The van der Waals surface area contributed by atoms with E-state index in [-0.39, 0.29) is 5.92 Å². The number of fused-ring (bicyclic) bond motifs is 3. The van der Waals surface area contributed by atoms with Crippen molar-refractivity contribution in [1.82, 2.24) is 4.98 Å². The fourth-order valence-corrected chi connectivity index (χ4v) is 10.7. The summed E-state index contributed by atoms with van der Waals surface area (Å²) in [5.74, 6) is 0.0798. The molecule has 2 nitrogen and oxygen atoms in total. The number of hydrogen-bond acceptors (Lipinski definition) is 1. The second kappa shape index (κ2) is 12.0. The van der Waals surface area contributed by atoms with Gasteiger partial charge in [-0.3, -0.25) is 0 Å². The summed E-state index contributed by atoms with van der Waals surface area (Å²) in [4.78, 5) is 3.69. The molecule has 5 aromatic carbocycles. The van der Waals surface area contributed by atoms with Crippen LogP contribution in [0.2, 0.25) is 0 Å². The van der Waals surface area contributed by atoms with Gasteiger partial charge >= 0.3 is 255 Å². The summed E-state index contributed by atoms with van der Waals surface area (Å²) in [5.41, 5.74) is 7.10. The van der Waals surface area contributed by atoms with Gasteiger partial charge in [0.15, 0.2) is 0 Å². The molecule has 44 heavy (non-hydrogen) atoms. The van der Waals surface area contributed by atoms with Crippen LogP contribution in [-0.4, -0.2) is 22.9 Å². The van der Waals surface area contributed by atoms with Gasteiger partial charge in [0.1, 0.15) is 0 Å². The van der Waals surface area contributed by atoms with Crippen molar-refractivity contribution < 1.29 is 5.11 Å². The van der Waals surface area contributed by atoms with E-state index in [9.17, 15) is 5.11 Å². The van der Waals surface area contributed by atoms with E-state index in [1.807, 2.05) is 0 Å². The first-order valence-corrected chi connectivity index (χ1v) is 18.3. The van der Waals surface area contributed by atoms with Gasteiger partial charge in [-0.2, -0.15) is 0 Å². The van der Waals surface area contributed by atoms with Crippen LogP contribution in [0.25, 0.3) is 21.8 Å². The zero-order valence-electron chi connectivity index (χ0n) is 25.5. The Hall–Kier alpha value is -4.23. The molecule has 2 N–H and O–H groups in total. The maximum absolute atomic E-state index is 11.4. The zero-order valence-corrected chi connectivity index (χ0v) is 26.5. The first-order valence-electron chi connectivity index (χ1n) is 15.8. The van der Waals surface area contributed by atoms with E-state index in [2.05, 4.69) is 158 Å². The van der Waals surface area contributed by atoms with Crippen LogP contribution in [0.4, 0.5) is 0 Å². The summed E-state index contributed by atoms with van der Waals surface area (Å²) < 4.78 is 0. The van der Waals surface area contributed by atoms with Gasteiger partial charge in [-0.25, -0.2) is 0 Å². The average molecular weight is 594 g/mol. The molecule has 0 aliphatic heterocycles. The van der Waals surface area contributed by atoms with Gasteiger partial charge < -0.3 is 0 Å². The van der Waals surface area contributed by atoms with Crippen LogP contribution in [0, 0.1) is 6.92 Å². The molecule has 3 heteroatoms. The normalized spacial score (nSPS) is 15.3. The molecular weight excluding hydrogens is 553 g/mol. The van der Waals surface area contributed by atoms with Crippen LogP contribution in [0.3, 0.4) is 0 Å². The van der Waals surface area contributed by atoms with Gasteiger partial charge in [0.2, 0.25) is 0 Å². The van der Waals surface area contributed by atoms with Crippen LogP contribution in [0.15, 0.2) is 145 Å². The number of aromatic nitrogens is 1. The van der Waals surface area contributed by atoms with Gasteiger partial charge in [0.05, 0.1) is 0 Å². The number of aromatic amines is 1. The van der Waals surface area contributed by atoms with E-state index >= 15 is 0 Å². The number of rotatable bonds is 8. The van der Waals surface area contributed by atoms with E-state index in [0.29, 0.717) is 6.42 Å². The monoisotopic (exact) mass is 593 g/mol. The van der Waals surface area contributed by atoms with Gasteiger partial charge in [0, 0.05) is 0 Å². The SMILES string of the molecule is Cc1cccc([PH](C)(c2ccccc2)c2ccc3[nH]c4ccc(C(CC(O)C5=CCCC=C5)c5ccccc5)cc4c3c2)c1. The maximum atomic E-state index is 11.4. The molecule has 0 spiro atoms. The van der Waals surface area contributed by atoms with Crippen LogP contribution < -0.4 is 15.9 Å². The topological polar surface area (TPSA) is 36.0 Å². The summed E-state index contributed by atoms with van der Waals surface area (Å²) in [6.45, 7) is 4.68. The van der Waals surface area contributed by atoms with E-state index in [1.165, 1.54) is 43.4 Å². The predicted octanol–water partition coefficient (Wildman–Crippen LogP) is 8.44. The van der Waals surface area contributed by atoms with Crippen LogP contribution in [0.1, 0.15) is 41.9 Å². The van der Waals surface area contributed by atoms with E-state index < -0.39 is 13.4 Å². The first-order chi connectivity index (χ1) is 21.5. The molecule has 1 heterocycles. The number of hydrogen-bond donors (Lipinski definition) is 2. The van der Waals surface area contributed by atoms with E-state index in [0.717, 1.165) is 29.4 Å². The van der Waals surface area contributed by atoms with Crippen LogP contribution in [0.5, 0.6) is 0 Å². The number of aliphatic hydroxyl groups is 1. The predicted molar refractivity (Wildman–Crippen MR) is 192 cm³/mol. The van der Waals surface area contributed by atoms with Crippen molar-refractivity contribution in [2.24, 2.45) is 0 Å². The Balaban J connectivity index is 1.36. The summed E-state index contributed by atoms with van der Waals surface area (Å²) in [7, 11) is -2.28. The van der Waals surface area contributed by atoms with E-state index in [1.54, 1.807) is 0 Å². The first kappa shape index (κ1) is 28.5. The summed E-state index contributed by atoms with van der Waals surface area (Å²) in [5, 5.41) is 18.1. The fourth-order valence-electron chi connectivity index (χ4n) is 7.06. The van der Waals surface area contributed by atoms with Crippen molar-refractivity contribution in [1.29, 1.82) is 0 Å². The van der Waals surface area contributed by atoms with Gasteiger partial charge in [-0.05, 0) is 6.42 Å². The van der Waals surface area contributed by atoms with E-state index in [4.69, 9.17) is 0 Å². The molecule has 0 amide bonds. The average Bonchev–Trinajstić information content (AvgIpc) is 3.45. The van der Waals surface area contributed by atoms with Crippen molar-refractivity contribution >= 4 is 45.0 Å². The third-order valence-electron chi connectivity index (χ3n) is 9.62. The summed E-state index contributed by atoms with van der Waals surface area (Å²) in [6.07, 6.45) is 8.65. The number of allylic oxidation sites excluding steroid dienone is 2. The number of benzene rings is 5. The Morgan fingerprint density at radius 3 is 2.09 bits per heavy atom. The standard InChI is InChI=1S/C41H40NOP/c1-29-13-12-20-34(25-29)44(2,33-18-10-5-11-19-33)35-22-24-40-38(27-35)37-26-32(21-23-39(37)42-40)36(30-14-6-3-7-15-30)28-41(43)31-16-8-4-9-17-31/h3,5-8,10-27,36,41-44H,4,9,28H2,1-2H3. The minimum absolute atomic E-state index is 0.0798. The van der Waals surface area contributed by atoms with Gasteiger partial charge in [-0.15, -0.1) is 0 Å². The molecule has 1 aliphatic rings. The molecule has 0 saturated carbocycles. The van der Waals surface area contributed by atoms with Crippen LogP contribution >= 0.6 is 7.26 Å². The molecule has 0 fully saturated rings. The second-order valence-electron chi connectivity index (χ2n) is 12.4.